The summed E-state index contributed by atoms with van der Waals surface area (Å²) in [5.74, 6) is 0.933. The van der Waals surface area contributed by atoms with Gasteiger partial charge in [0.2, 0.25) is 0 Å². The SMILES string of the molecule is CCCC1CCN(CCC(NCC)c2ccc(Cl)cc2)C1. The Balaban J connectivity index is 1.84. The van der Waals surface area contributed by atoms with Gasteiger partial charge in [0, 0.05) is 17.6 Å². The molecule has 2 unspecified atom stereocenters. The summed E-state index contributed by atoms with van der Waals surface area (Å²) in [6.07, 6.45) is 5.28. The largest absolute Gasteiger partial charge is 0.310 e. The van der Waals surface area contributed by atoms with Gasteiger partial charge < -0.3 is 10.2 Å². The van der Waals surface area contributed by atoms with Gasteiger partial charge in [-0.2, -0.15) is 0 Å². The highest BCUT2D eigenvalue weighted by Crippen LogP contribution is 2.24. The summed E-state index contributed by atoms with van der Waals surface area (Å²) in [5, 5.41) is 4.42. The smallest absolute Gasteiger partial charge is 0.0406 e. The molecule has 0 saturated carbocycles. The third-order valence-corrected chi connectivity index (χ3v) is 4.78. The quantitative estimate of drug-likeness (QED) is 0.760. The van der Waals surface area contributed by atoms with E-state index in [-0.39, 0.29) is 0 Å². The normalized spacial score (nSPS) is 20.8. The Morgan fingerprint density at radius 2 is 2.05 bits per heavy atom. The van der Waals surface area contributed by atoms with Crippen LogP contribution in [0.2, 0.25) is 5.02 Å². The van der Waals surface area contributed by atoms with Gasteiger partial charge >= 0.3 is 0 Å². The van der Waals surface area contributed by atoms with Crippen molar-refractivity contribution < 1.29 is 0 Å². The van der Waals surface area contributed by atoms with Crippen LogP contribution in [0, 0.1) is 5.92 Å². The van der Waals surface area contributed by atoms with Crippen LogP contribution in [0.3, 0.4) is 0 Å². The standard InChI is InChI=1S/C18H29ClN2/c1-3-5-15-10-12-21(14-15)13-11-18(20-4-2)16-6-8-17(19)9-7-16/h6-9,15,18,20H,3-5,10-14H2,1-2H3. The predicted molar refractivity (Wildman–Crippen MR) is 91.9 cm³/mol. The van der Waals surface area contributed by atoms with Crippen molar-refractivity contribution in [2.24, 2.45) is 5.92 Å². The van der Waals surface area contributed by atoms with E-state index in [0.717, 1.165) is 17.5 Å². The number of hydrogen-bond acceptors (Lipinski definition) is 2. The fourth-order valence-corrected chi connectivity index (χ4v) is 3.53. The maximum atomic E-state index is 5.99. The van der Waals surface area contributed by atoms with Crippen molar-refractivity contribution >= 4 is 11.6 Å². The Kier molecular flexibility index (Phi) is 7.01. The molecule has 2 nitrogen and oxygen atoms in total. The van der Waals surface area contributed by atoms with Crippen LogP contribution in [0.15, 0.2) is 24.3 Å². The van der Waals surface area contributed by atoms with Gasteiger partial charge in [0.25, 0.3) is 0 Å². The fraction of sp³-hybridized carbons (Fsp3) is 0.667. The van der Waals surface area contributed by atoms with Crippen LogP contribution in [0.1, 0.15) is 51.1 Å². The van der Waals surface area contributed by atoms with Crippen molar-refractivity contribution in [1.29, 1.82) is 0 Å². The molecule has 0 spiro atoms. The zero-order chi connectivity index (χ0) is 15.1. The molecular formula is C18H29ClN2. The van der Waals surface area contributed by atoms with Crippen molar-refractivity contribution in [3.63, 3.8) is 0 Å². The molecule has 2 atom stereocenters. The average molecular weight is 309 g/mol. The highest BCUT2D eigenvalue weighted by molar-refractivity contribution is 6.30. The van der Waals surface area contributed by atoms with E-state index in [0.29, 0.717) is 6.04 Å². The lowest BCUT2D eigenvalue weighted by Crippen LogP contribution is -2.28. The molecule has 1 saturated heterocycles. The zero-order valence-electron chi connectivity index (χ0n) is 13.4. The molecule has 1 fully saturated rings. The molecule has 118 valence electrons. The number of benzene rings is 1. The van der Waals surface area contributed by atoms with Gasteiger partial charge in [0.05, 0.1) is 0 Å². The fourth-order valence-electron chi connectivity index (χ4n) is 3.40. The second kappa shape index (κ2) is 8.77. The number of nitrogens with one attached hydrogen (secondary N) is 1. The minimum absolute atomic E-state index is 0.442. The summed E-state index contributed by atoms with van der Waals surface area (Å²) in [6, 6.07) is 8.74. The number of rotatable bonds is 8. The first-order valence-electron chi connectivity index (χ1n) is 8.44. The lowest BCUT2D eigenvalue weighted by Gasteiger charge is -2.22. The van der Waals surface area contributed by atoms with Gasteiger partial charge in [-0.25, -0.2) is 0 Å². The Bertz CT molecular complexity index is 404. The van der Waals surface area contributed by atoms with E-state index in [2.05, 4.69) is 36.2 Å². The third kappa shape index (κ3) is 5.28. The van der Waals surface area contributed by atoms with Crippen LogP contribution >= 0.6 is 11.6 Å². The van der Waals surface area contributed by atoms with Gasteiger partial charge in [0.1, 0.15) is 0 Å². The average Bonchev–Trinajstić information content (AvgIpc) is 2.93. The third-order valence-electron chi connectivity index (χ3n) is 4.52. The summed E-state index contributed by atoms with van der Waals surface area (Å²) in [4.78, 5) is 2.64. The van der Waals surface area contributed by atoms with E-state index < -0.39 is 0 Å². The first-order chi connectivity index (χ1) is 10.2. The Morgan fingerprint density at radius 1 is 1.29 bits per heavy atom. The number of nitrogens with zero attached hydrogens (tertiary/aromatic N) is 1. The highest BCUT2D eigenvalue weighted by atomic mass is 35.5. The van der Waals surface area contributed by atoms with Crippen LogP contribution in [-0.4, -0.2) is 31.1 Å². The zero-order valence-corrected chi connectivity index (χ0v) is 14.2. The van der Waals surface area contributed by atoms with Crippen LogP contribution in [0.25, 0.3) is 0 Å². The van der Waals surface area contributed by atoms with Crippen LogP contribution in [-0.2, 0) is 0 Å². The second-order valence-corrected chi connectivity index (χ2v) is 6.63. The van der Waals surface area contributed by atoms with E-state index in [1.165, 1.54) is 50.9 Å². The van der Waals surface area contributed by atoms with Gasteiger partial charge in [0.15, 0.2) is 0 Å². The maximum Gasteiger partial charge on any atom is 0.0406 e. The molecule has 0 aliphatic carbocycles. The van der Waals surface area contributed by atoms with E-state index in [1.807, 2.05) is 12.1 Å². The molecule has 1 heterocycles. The van der Waals surface area contributed by atoms with Crippen LogP contribution in [0.4, 0.5) is 0 Å². The van der Waals surface area contributed by atoms with Crippen molar-refractivity contribution in [2.75, 3.05) is 26.2 Å². The number of likely N-dealkylation sites (tertiary alicyclic amines) is 1. The summed E-state index contributed by atoms with van der Waals surface area (Å²) >= 11 is 5.99. The van der Waals surface area contributed by atoms with Crippen molar-refractivity contribution in [3.05, 3.63) is 34.9 Å². The molecule has 0 radical (unpaired) electrons. The van der Waals surface area contributed by atoms with Crippen LogP contribution < -0.4 is 5.32 Å². The molecule has 0 bridgehead atoms. The molecule has 1 aromatic carbocycles. The molecule has 3 heteroatoms. The van der Waals surface area contributed by atoms with Crippen LogP contribution in [0.5, 0.6) is 0 Å². The van der Waals surface area contributed by atoms with Gasteiger partial charge in [-0.15, -0.1) is 0 Å². The minimum Gasteiger partial charge on any atom is -0.310 e. The van der Waals surface area contributed by atoms with Crippen molar-refractivity contribution in [1.82, 2.24) is 10.2 Å². The van der Waals surface area contributed by atoms with Gasteiger partial charge in [-0.05, 0) is 62.5 Å². The Hall–Kier alpha value is -0.570. The summed E-state index contributed by atoms with van der Waals surface area (Å²) in [6.45, 7) is 9.25. The minimum atomic E-state index is 0.442. The Labute approximate surface area is 134 Å². The topological polar surface area (TPSA) is 15.3 Å². The second-order valence-electron chi connectivity index (χ2n) is 6.19. The first kappa shape index (κ1) is 16.8. The predicted octanol–water partition coefficient (Wildman–Crippen LogP) is 4.50. The monoisotopic (exact) mass is 308 g/mol. The molecular weight excluding hydrogens is 280 g/mol. The summed E-state index contributed by atoms with van der Waals surface area (Å²) in [5.41, 5.74) is 1.35. The molecule has 2 rings (SSSR count). The summed E-state index contributed by atoms with van der Waals surface area (Å²) < 4.78 is 0. The van der Waals surface area contributed by atoms with Gasteiger partial charge in [-0.3, -0.25) is 0 Å². The lowest BCUT2D eigenvalue weighted by molar-refractivity contribution is 0.297. The molecule has 1 N–H and O–H groups in total. The number of halogens is 1. The van der Waals surface area contributed by atoms with E-state index >= 15 is 0 Å². The van der Waals surface area contributed by atoms with Crippen molar-refractivity contribution in [2.45, 2.75) is 45.6 Å². The summed E-state index contributed by atoms with van der Waals surface area (Å²) in [7, 11) is 0. The molecule has 1 aliphatic rings. The molecule has 0 aromatic heterocycles. The highest BCUT2D eigenvalue weighted by Gasteiger charge is 2.22. The first-order valence-corrected chi connectivity index (χ1v) is 8.82. The lowest BCUT2D eigenvalue weighted by atomic mass is 10.0. The Morgan fingerprint density at radius 3 is 2.71 bits per heavy atom. The molecule has 1 aliphatic heterocycles. The molecule has 21 heavy (non-hydrogen) atoms. The van der Waals surface area contributed by atoms with E-state index in [4.69, 9.17) is 11.6 Å². The van der Waals surface area contributed by atoms with E-state index in [9.17, 15) is 0 Å². The van der Waals surface area contributed by atoms with Crippen molar-refractivity contribution in [3.8, 4) is 0 Å². The molecule has 0 amide bonds. The van der Waals surface area contributed by atoms with E-state index in [1.54, 1.807) is 0 Å². The number of hydrogen-bond donors (Lipinski definition) is 1. The maximum absolute atomic E-state index is 5.99. The van der Waals surface area contributed by atoms with Gasteiger partial charge in [-0.1, -0.05) is 44.0 Å². The molecule has 1 aromatic rings.